The van der Waals surface area contributed by atoms with E-state index in [0.717, 1.165) is 50.0 Å². The lowest BCUT2D eigenvalue weighted by Crippen LogP contribution is -2.35. The number of rotatable bonds is 11. The molecule has 0 fully saturated rings. The molecule has 37 heavy (non-hydrogen) atoms. The third-order valence-corrected chi connectivity index (χ3v) is 7.36. The van der Waals surface area contributed by atoms with Gasteiger partial charge in [-0.3, -0.25) is 4.99 Å². The van der Waals surface area contributed by atoms with Gasteiger partial charge in [0.1, 0.15) is 5.82 Å². The molecule has 2 rings (SSSR count). The minimum Gasteiger partial charge on any atom is -0.365 e. The molecule has 0 aliphatic carbocycles. The maximum Gasteiger partial charge on any atom is 0.129 e. The highest BCUT2D eigenvalue weighted by atomic mass is 15.1. The second kappa shape index (κ2) is 14.3. The number of hydrogen-bond donors (Lipinski definition) is 1. The summed E-state index contributed by atoms with van der Waals surface area (Å²) in [5.74, 6) is 1.42. The Morgan fingerprint density at radius 2 is 1.86 bits per heavy atom. The number of aryl methyl sites for hydroxylation is 2. The molecule has 2 heterocycles. The highest BCUT2D eigenvalue weighted by molar-refractivity contribution is 6.05. The Hall–Kier alpha value is -2.68. The van der Waals surface area contributed by atoms with Crippen LogP contribution >= 0.6 is 0 Å². The van der Waals surface area contributed by atoms with Crippen molar-refractivity contribution in [3.05, 3.63) is 81.8 Å². The van der Waals surface area contributed by atoms with E-state index in [4.69, 9.17) is 9.98 Å². The number of hydrogen-bond acceptors (Lipinski definition) is 3. The zero-order valence-corrected chi connectivity index (χ0v) is 25.3. The molecule has 1 unspecified atom stereocenters. The average molecular weight is 502 g/mol. The number of nitrogens with one attached hydrogen (secondary N) is 1. The summed E-state index contributed by atoms with van der Waals surface area (Å²) in [6, 6.07) is 4.46. The summed E-state index contributed by atoms with van der Waals surface area (Å²) in [4.78, 5) is 10.4. The molecule has 202 valence electrons. The first-order valence-electron chi connectivity index (χ1n) is 14.2. The van der Waals surface area contributed by atoms with Gasteiger partial charge in [-0.15, -0.1) is 0 Å². The lowest BCUT2D eigenvalue weighted by atomic mass is 9.91. The summed E-state index contributed by atoms with van der Waals surface area (Å²) in [5, 5.41) is 3.64. The molecule has 0 saturated heterocycles. The highest BCUT2D eigenvalue weighted by Crippen LogP contribution is 2.30. The van der Waals surface area contributed by atoms with Crippen molar-refractivity contribution in [3.63, 3.8) is 0 Å². The zero-order chi connectivity index (χ0) is 27.6. The fourth-order valence-electron chi connectivity index (χ4n) is 4.43. The van der Waals surface area contributed by atoms with Crippen LogP contribution < -0.4 is 5.32 Å². The van der Waals surface area contributed by atoms with Gasteiger partial charge < -0.3 is 5.32 Å². The van der Waals surface area contributed by atoms with Crippen LogP contribution in [0.1, 0.15) is 106 Å². The number of fused-ring (bicyclic) bond motifs is 1. The molecule has 1 aromatic rings. The smallest absolute Gasteiger partial charge is 0.129 e. The van der Waals surface area contributed by atoms with Crippen molar-refractivity contribution in [3.8, 4) is 0 Å². The first-order chi connectivity index (χ1) is 17.5. The molecule has 3 nitrogen and oxygen atoms in total. The van der Waals surface area contributed by atoms with Gasteiger partial charge in [0.2, 0.25) is 0 Å². The first kappa shape index (κ1) is 30.5. The van der Waals surface area contributed by atoms with E-state index in [9.17, 15) is 0 Å². The van der Waals surface area contributed by atoms with Gasteiger partial charge in [-0.2, -0.15) is 0 Å². The van der Waals surface area contributed by atoms with E-state index in [1.54, 1.807) is 0 Å². The van der Waals surface area contributed by atoms with Gasteiger partial charge in [0.25, 0.3) is 0 Å². The second-order valence-corrected chi connectivity index (χ2v) is 11.4. The van der Waals surface area contributed by atoms with Crippen molar-refractivity contribution in [1.82, 2.24) is 4.98 Å². The third kappa shape index (κ3) is 9.29. The SMILES string of the molecule is C\C=C/C(C)=C(/C=C\C=C(\C)CC)C(=N\C(CCc1ccc2c(n1)NC(C)(C)CC2)=C(C)C)\C(C)CC. The lowest BCUT2D eigenvalue weighted by Gasteiger charge is -2.33. The monoisotopic (exact) mass is 501 g/mol. The second-order valence-electron chi connectivity index (χ2n) is 11.4. The molecule has 0 aromatic carbocycles. The van der Waals surface area contributed by atoms with E-state index in [0.29, 0.717) is 5.92 Å². The molecule has 0 radical (unpaired) electrons. The molecule has 3 heteroatoms. The van der Waals surface area contributed by atoms with E-state index in [1.165, 1.54) is 39.3 Å². The van der Waals surface area contributed by atoms with Crippen LogP contribution in [0, 0.1) is 5.92 Å². The summed E-state index contributed by atoms with van der Waals surface area (Å²) in [5.41, 5.74) is 10.0. The van der Waals surface area contributed by atoms with Crippen molar-refractivity contribution in [2.75, 3.05) is 5.32 Å². The predicted octanol–water partition coefficient (Wildman–Crippen LogP) is 9.74. The number of aliphatic imine (C=N–C) groups is 1. The zero-order valence-electron chi connectivity index (χ0n) is 25.3. The Labute approximate surface area is 227 Å². The standard InChI is InChI=1S/C34H51N3/c1-11-15-27(8)30(17-14-16-25(6)12-2)32(26(7)13-3)36-31(24(4)5)21-20-29-19-18-28-22-23-34(9,10)37-33(28)35-29/h11,14-19,26H,12-13,20-23H2,1-10H3,(H,35,37)/b15-11-,17-14-,25-16-,30-27-,36-32+. The first-order valence-corrected chi connectivity index (χ1v) is 14.2. The molecule has 0 saturated carbocycles. The van der Waals surface area contributed by atoms with Crippen LogP contribution in [0.3, 0.4) is 0 Å². The largest absolute Gasteiger partial charge is 0.365 e. The molecule has 1 aromatic heterocycles. The predicted molar refractivity (Wildman–Crippen MR) is 165 cm³/mol. The van der Waals surface area contributed by atoms with Gasteiger partial charge in [0.05, 0.1) is 5.71 Å². The van der Waals surface area contributed by atoms with Crippen LogP contribution in [0.5, 0.6) is 0 Å². The summed E-state index contributed by atoms with van der Waals surface area (Å²) in [7, 11) is 0. The minimum atomic E-state index is 0.102. The van der Waals surface area contributed by atoms with Gasteiger partial charge in [-0.25, -0.2) is 4.98 Å². The third-order valence-electron chi connectivity index (χ3n) is 7.36. The number of nitrogens with zero attached hydrogens (tertiary/aromatic N) is 2. The van der Waals surface area contributed by atoms with Crippen LogP contribution in [-0.4, -0.2) is 16.2 Å². The summed E-state index contributed by atoms with van der Waals surface area (Å²) < 4.78 is 0. The molecule has 0 amide bonds. The Balaban J connectivity index is 2.43. The molecular weight excluding hydrogens is 450 g/mol. The Kier molecular flexibility index (Phi) is 11.8. The quantitative estimate of drug-likeness (QED) is 0.242. The van der Waals surface area contributed by atoms with Gasteiger partial charge in [-0.05, 0) is 116 Å². The van der Waals surface area contributed by atoms with Crippen LogP contribution in [0.2, 0.25) is 0 Å². The minimum absolute atomic E-state index is 0.102. The van der Waals surface area contributed by atoms with Gasteiger partial charge in [0, 0.05) is 16.9 Å². The van der Waals surface area contributed by atoms with Crippen molar-refractivity contribution >= 4 is 11.5 Å². The van der Waals surface area contributed by atoms with Crippen molar-refractivity contribution in [1.29, 1.82) is 0 Å². The molecule has 1 N–H and O–H groups in total. The number of pyridine rings is 1. The van der Waals surface area contributed by atoms with Crippen molar-refractivity contribution in [2.24, 2.45) is 10.9 Å². The molecular formula is C34H51N3. The average Bonchev–Trinajstić information content (AvgIpc) is 2.85. The summed E-state index contributed by atoms with van der Waals surface area (Å²) >= 11 is 0. The lowest BCUT2D eigenvalue weighted by molar-refractivity contribution is 0.498. The molecule has 0 spiro atoms. The molecule has 1 aliphatic heterocycles. The van der Waals surface area contributed by atoms with Crippen LogP contribution in [0.15, 0.2) is 75.5 Å². The number of anilines is 1. The topological polar surface area (TPSA) is 37.3 Å². The van der Waals surface area contributed by atoms with Gasteiger partial charge in [0.15, 0.2) is 0 Å². The maximum atomic E-state index is 5.38. The Morgan fingerprint density at radius 3 is 2.49 bits per heavy atom. The van der Waals surface area contributed by atoms with E-state index in [2.05, 4.69) is 117 Å². The van der Waals surface area contributed by atoms with Gasteiger partial charge in [-0.1, -0.05) is 68.4 Å². The Bertz CT molecular complexity index is 1100. The van der Waals surface area contributed by atoms with Crippen LogP contribution in [0.4, 0.5) is 5.82 Å². The molecule has 0 bridgehead atoms. The van der Waals surface area contributed by atoms with E-state index in [1.807, 2.05) is 0 Å². The fraction of sp³-hybridized carbons (Fsp3) is 0.529. The normalized spacial score (nSPS) is 17.5. The Morgan fingerprint density at radius 1 is 1.14 bits per heavy atom. The van der Waals surface area contributed by atoms with Crippen molar-refractivity contribution in [2.45, 2.75) is 113 Å². The van der Waals surface area contributed by atoms with Crippen LogP contribution in [0.25, 0.3) is 0 Å². The number of allylic oxidation sites excluding steroid dienone is 10. The fourth-order valence-corrected chi connectivity index (χ4v) is 4.43. The maximum absolute atomic E-state index is 5.38. The molecule has 1 atom stereocenters. The van der Waals surface area contributed by atoms with E-state index >= 15 is 0 Å². The van der Waals surface area contributed by atoms with Crippen LogP contribution in [-0.2, 0) is 12.8 Å². The summed E-state index contributed by atoms with van der Waals surface area (Å²) in [6.07, 6.45) is 17.1. The summed E-state index contributed by atoms with van der Waals surface area (Å²) in [6.45, 7) is 22.1. The van der Waals surface area contributed by atoms with Gasteiger partial charge >= 0.3 is 0 Å². The van der Waals surface area contributed by atoms with E-state index in [-0.39, 0.29) is 5.54 Å². The highest BCUT2D eigenvalue weighted by Gasteiger charge is 2.25. The number of aromatic nitrogens is 1. The molecule has 1 aliphatic rings. The van der Waals surface area contributed by atoms with Crippen molar-refractivity contribution < 1.29 is 0 Å². The van der Waals surface area contributed by atoms with E-state index < -0.39 is 0 Å².